The maximum Gasteiger partial charge on any atom is 0.349 e. The largest absolute Gasteiger partial charge is 0.465 e. The van der Waals surface area contributed by atoms with E-state index in [1.165, 1.54) is 11.4 Å². The van der Waals surface area contributed by atoms with Crippen LogP contribution in [0.1, 0.15) is 25.9 Å². The molecule has 0 aliphatic carbocycles. The number of nitrogens with zero attached hydrogens (tertiary/aromatic N) is 2. The lowest BCUT2D eigenvalue weighted by Crippen LogP contribution is -2.42. The quantitative estimate of drug-likeness (QED) is 0.494. The molecular formula is C15H14N4O5S2. The van der Waals surface area contributed by atoms with Gasteiger partial charge in [0.1, 0.15) is 21.1 Å². The number of amides is 1. The van der Waals surface area contributed by atoms with Gasteiger partial charge in [0.2, 0.25) is 0 Å². The number of ether oxygens (including phenoxy) is 1. The number of sulfonamides is 1. The highest BCUT2D eigenvalue weighted by Crippen LogP contribution is 2.22. The van der Waals surface area contributed by atoms with Crippen LogP contribution < -0.4 is 10.3 Å². The fraction of sp³-hybridized carbons (Fsp3) is 0.133. The van der Waals surface area contributed by atoms with Gasteiger partial charge in [0.15, 0.2) is 0 Å². The summed E-state index contributed by atoms with van der Waals surface area (Å²) >= 11 is 0.925. The predicted molar refractivity (Wildman–Crippen MR) is 93.4 cm³/mol. The highest BCUT2D eigenvalue weighted by Gasteiger charge is 2.26. The number of methoxy groups -OCH3 is 1. The molecular weight excluding hydrogens is 380 g/mol. The minimum Gasteiger partial charge on any atom is -0.465 e. The van der Waals surface area contributed by atoms with Crippen molar-refractivity contribution in [1.82, 2.24) is 19.6 Å². The number of hydrogen-bond donors (Lipinski definition) is 2. The van der Waals surface area contributed by atoms with Crippen molar-refractivity contribution in [3.8, 4) is 0 Å². The summed E-state index contributed by atoms with van der Waals surface area (Å²) in [5.74, 6) is -1.45. The molecule has 0 aliphatic rings. The standard InChI is InChI=1S/C15H14N4O5S2/c1-9-12(19-7-4-3-5-11(19)16-9)14(20)17-18-26(22,23)10-6-8-25-13(10)15(21)24-2/h3-8,18H,1-2H3,(H,17,20). The maximum absolute atomic E-state index is 12.4. The monoisotopic (exact) mass is 394 g/mol. The Kier molecular flexibility index (Phi) is 4.76. The molecule has 0 unspecified atom stereocenters. The molecule has 0 bridgehead atoms. The lowest BCUT2D eigenvalue weighted by atomic mass is 10.3. The first-order valence-corrected chi connectivity index (χ1v) is 9.63. The van der Waals surface area contributed by atoms with E-state index in [1.54, 1.807) is 35.7 Å². The lowest BCUT2D eigenvalue weighted by molar-refractivity contribution is 0.0602. The number of aryl methyl sites for hydroxylation is 1. The summed E-state index contributed by atoms with van der Waals surface area (Å²) in [6.45, 7) is 1.64. The van der Waals surface area contributed by atoms with Crippen LogP contribution in [0.4, 0.5) is 0 Å². The number of imidazole rings is 1. The molecule has 1 amide bonds. The molecule has 2 N–H and O–H groups in total. The smallest absolute Gasteiger partial charge is 0.349 e. The number of carbonyl (C=O) groups is 2. The molecule has 3 aromatic rings. The van der Waals surface area contributed by atoms with Crippen molar-refractivity contribution < 1.29 is 22.7 Å². The summed E-state index contributed by atoms with van der Waals surface area (Å²) in [7, 11) is -3.00. The summed E-state index contributed by atoms with van der Waals surface area (Å²) in [6.07, 6.45) is 1.65. The minimum atomic E-state index is -4.16. The number of rotatable bonds is 5. The zero-order valence-electron chi connectivity index (χ0n) is 13.7. The van der Waals surface area contributed by atoms with Crippen LogP contribution in [-0.2, 0) is 14.8 Å². The van der Waals surface area contributed by atoms with E-state index in [9.17, 15) is 18.0 Å². The SMILES string of the molecule is COC(=O)c1sccc1S(=O)(=O)NNC(=O)c1c(C)nc2ccccn12. The van der Waals surface area contributed by atoms with Crippen LogP contribution >= 0.6 is 11.3 Å². The van der Waals surface area contributed by atoms with Gasteiger partial charge in [0, 0.05) is 6.20 Å². The van der Waals surface area contributed by atoms with Gasteiger partial charge in [-0.05, 0) is 30.5 Å². The van der Waals surface area contributed by atoms with E-state index in [4.69, 9.17) is 0 Å². The molecule has 0 aliphatic heterocycles. The van der Waals surface area contributed by atoms with Gasteiger partial charge in [0.25, 0.3) is 15.9 Å². The summed E-state index contributed by atoms with van der Waals surface area (Å²) in [4.78, 5) is 30.0. The number of fused-ring (bicyclic) bond motifs is 1. The number of aromatic nitrogens is 2. The fourth-order valence-corrected chi connectivity index (χ4v) is 4.54. The van der Waals surface area contributed by atoms with E-state index in [2.05, 4.69) is 15.1 Å². The molecule has 0 spiro atoms. The Morgan fingerprint density at radius 3 is 2.77 bits per heavy atom. The van der Waals surface area contributed by atoms with E-state index in [-0.39, 0.29) is 15.5 Å². The zero-order chi connectivity index (χ0) is 18.9. The molecule has 0 saturated heterocycles. The molecule has 136 valence electrons. The van der Waals surface area contributed by atoms with Crippen molar-refractivity contribution in [2.24, 2.45) is 0 Å². The Hall–Kier alpha value is -2.76. The summed E-state index contributed by atoms with van der Waals surface area (Å²) in [5.41, 5.74) is 3.34. The van der Waals surface area contributed by atoms with E-state index >= 15 is 0 Å². The molecule has 3 rings (SSSR count). The van der Waals surface area contributed by atoms with Crippen molar-refractivity contribution in [3.63, 3.8) is 0 Å². The Balaban J connectivity index is 1.84. The Morgan fingerprint density at radius 1 is 1.27 bits per heavy atom. The van der Waals surface area contributed by atoms with Crippen LogP contribution in [0, 0.1) is 6.92 Å². The number of hydrogen-bond acceptors (Lipinski definition) is 7. The highest BCUT2D eigenvalue weighted by molar-refractivity contribution is 7.89. The van der Waals surface area contributed by atoms with Crippen molar-refractivity contribution in [2.75, 3.05) is 7.11 Å². The van der Waals surface area contributed by atoms with Crippen molar-refractivity contribution >= 4 is 38.9 Å². The third kappa shape index (κ3) is 3.19. The second-order valence-electron chi connectivity index (χ2n) is 5.14. The number of nitrogens with one attached hydrogen (secondary N) is 2. The first kappa shape index (κ1) is 18.0. The average Bonchev–Trinajstić information content (AvgIpc) is 3.23. The predicted octanol–water partition coefficient (Wildman–Crippen LogP) is 1.11. The van der Waals surface area contributed by atoms with Gasteiger partial charge in [-0.2, -0.15) is 0 Å². The van der Waals surface area contributed by atoms with Crippen LogP contribution in [0.5, 0.6) is 0 Å². The average molecular weight is 394 g/mol. The van der Waals surface area contributed by atoms with Gasteiger partial charge in [-0.25, -0.2) is 18.2 Å². The van der Waals surface area contributed by atoms with Crippen LogP contribution in [0.2, 0.25) is 0 Å². The number of pyridine rings is 1. The van der Waals surface area contributed by atoms with E-state index in [0.717, 1.165) is 18.4 Å². The van der Waals surface area contributed by atoms with Gasteiger partial charge in [0.05, 0.1) is 12.8 Å². The first-order chi connectivity index (χ1) is 12.3. The molecule has 26 heavy (non-hydrogen) atoms. The maximum atomic E-state index is 12.4. The Bertz CT molecular complexity index is 1100. The van der Waals surface area contributed by atoms with Crippen LogP contribution in [0.3, 0.4) is 0 Å². The zero-order valence-corrected chi connectivity index (χ0v) is 15.3. The second-order valence-corrected chi connectivity index (χ2v) is 7.71. The van der Waals surface area contributed by atoms with Crippen molar-refractivity contribution in [2.45, 2.75) is 11.8 Å². The molecule has 0 atom stereocenters. The second kappa shape index (κ2) is 6.86. The normalized spacial score (nSPS) is 11.5. The minimum absolute atomic E-state index is 0.0831. The highest BCUT2D eigenvalue weighted by atomic mass is 32.2. The number of hydrazine groups is 1. The Morgan fingerprint density at radius 2 is 2.04 bits per heavy atom. The van der Waals surface area contributed by atoms with Crippen LogP contribution in [0.25, 0.3) is 5.65 Å². The van der Waals surface area contributed by atoms with Gasteiger partial charge in [-0.1, -0.05) is 6.07 Å². The van der Waals surface area contributed by atoms with Crippen molar-refractivity contribution in [1.29, 1.82) is 0 Å². The topological polar surface area (TPSA) is 119 Å². The molecule has 0 aromatic carbocycles. The molecule has 0 radical (unpaired) electrons. The molecule has 11 heteroatoms. The molecule has 0 fully saturated rings. The van der Waals surface area contributed by atoms with Gasteiger partial charge in [-0.3, -0.25) is 14.6 Å². The van der Waals surface area contributed by atoms with Crippen molar-refractivity contribution in [3.05, 3.63) is 52.1 Å². The molecule has 3 heterocycles. The molecule has 0 saturated carbocycles. The summed E-state index contributed by atoms with van der Waals surface area (Å²) < 4.78 is 30.9. The number of carbonyl (C=O) groups excluding carboxylic acids is 2. The van der Waals surface area contributed by atoms with E-state index in [1.807, 2.05) is 4.83 Å². The Labute approximate surface area is 152 Å². The van der Waals surface area contributed by atoms with Crippen LogP contribution in [-0.4, -0.2) is 36.8 Å². The van der Waals surface area contributed by atoms with E-state index < -0.39 is 21.9 Å². The molecule has 9 nitrogen and oxygen atoms in total. The first-order valence-electron chi connectivity index (χ1n) is 7.27. The summed E-state index contributed by atoms with van der Waals surface area (Å²) in [5, 5.41) is 1.44. The van der Waals surface area contributed by atoms with Gasteiger partial charge >= 0.3 is 5.97 Å². The third-order valence-corrected chi connectivity index (χ3v) is 5.82. The number of thiophene rings is 1. The van der Waals surface area contributed by atoms with Gasteiger partial charge < -0.3 is 4.74 Å². The fourth-order valence-electron chi connectivity index (χ4n) is 2.37. The summed E-state index contributed by atoms with van der Waals surface area (Å²) in [6, 6.07) is 6.48. The number of esters is 1. The van der Waals surface area contributed by atoms with Gasteiger partial charge in [-0.15, -0.1) is 16.2 Å². The molecule has 3 aromatic heterocycles. The van der Waals surface area contributed by atoms with E-state index in [0.29, 0.717) is 11.3 Å². The lowest BCUT2D eigenvalue weighted by Gasteiger charge is -2.09. The third-order valence-electron chi connectivity index (χ3n) is 3.51. The van der Waals surface area contributed by atoms with Crippen LogP contribution in [0.15, 0.2) is 40.7 Å².